The molecule has 0 saturated heterocycles. The van der Waals surface area contributed by atoms with Gasteiger partial charge < -0.3 is 14.9 Å². The summed E-state index contributed by atoms with van der Waals surface area (Å²) in [6.45, 7) is 2.90. The Morgan fingerprint density at radius 1 is 1.33 bits per heavy atom. The Balaban J connectivity index is 2.91. The number of ether oxygens (including phenoxy) is 1. The minimum absolute atomic E-state index is 0.412. The summed E-state index contributed by atoms with van der Waals surface area (Å²) in [5, 5.41) is 16.4. The fraction of sp³-hybridized carbons (Fsp3) is 1.00. The van der Waals surface area contributed by atoms with E-state index >= 15 is 0 Å². The Bertz CT molecular complexity index is 53.3. The van der Waals surface area contributed by atoms with E-state index in [2.05, 4.69) is 4.74 Å². The highest BCUT2D eigenvalue weighted by molar-refractivity contribution is 4.41. The second-order valence-corrected chi connectivity index (χ2v) is 2.38. The van der Waals surface area contributed by atoms with Crippen LogP contribution < -0.4 is 0 Å². The lowest BCUT2D eigenvalue weighted by molar-refractivity contribution is -0.234. The number of hydrogen-bond acceptors (Lipinski definition) is 3. The molecule has 0 radical (unpaired) electrons. The van der Waals surface area contributed by atoms with Gasteiger partial charge in [-0.3, -0.25) is 0 Å². The van der Waals surface area contributed by atoms with E-state index in [0.717, 1.165) is 6.42 Å². The van der Waals surface area contributed by atoms with Crippen molar-refractivity contribution >= 4 is 0 Å². The molecule has 0 unspecified atom stereocenters. The smallest absolute Gasteiger partial charge is 0.266 e. The van der Waals surface area contributed by atoms with Gasteiger partial charge in [-0.25, -0.2) is 0 Å². The number of aliphatic hydroxyl groups excluding tert-OH is 1. The topological polar surface area (TPSA) is 49.7 Å². The molecule has 0 spiro atoms. The van der Waals surface area contributed by atoms with Crippen LogP contribution in [0.4, 0.5) is 0 Å². The first-order valence-corrected chi connectivity index (χ1v) is 3.10. The van der Waals surface area contributed by atoms with Gasteiger partial charge in [0.25, 0.3) is 6.48 Å². The molecule has 3 heteroatoms. The highest BCUT2D eigenvalue weighted by Crippen LogP contribution is 1.98. The third-order valence-corrected chi connectivity index (χ3v) is 0.962. The first-order chi connectivity index (χ1) is 4.13. The lowest BCUT2D eigenvalue weighted by Gasteiger charge is -2.06. The van der Waals surface area contributed by atoms with Crippen molar-refractivity contribution in [2.24, 2.45) is 5.92 Å². The molecule has 0 fully saturated rings. The summed E-state index contributed by atoms with van der Waals surface area (Å²) in [7, 11) is 0. The third-order valence-electron chi connectivity index (χ3n) is 0.962. The van der Waals surface area contributed by atoms with Crippen molar-refractivity contribution in [3.8, 4) is 0 Å². The Morgan fingerprint density at radius 3 is 2.22 bits per heavy atom. The van der Waals surface area contributed by atoms with E-state index in [9.17, 15) is 0 Å². The van der Waals surface area contributed by atoms with Gasteiger partial charge in [-0.1, -0.05) is 13.8 Å². The maximum Gasteiger partial charge on any atom is 0.266 e. The molecule has 2 N–H and O–H groups in total. The van der Waals surface area contributed by atoms with Crippen molar-refractivity contribution in [3.63, 3.8) is 0 Å². The summed E-state index contributed by atoms with van der Waals surface area (Å²) in [5.41, 5.74) is 0. The molecule has 0 saturated carbocycles. The van der Waals surface area contributed by atoms with E-state index in [0.29, 0.717) is 12.5 Å². The molecule has 0 atom stereocenters. The second kappa shape index (κ2) is 4.73. The molecule has 3 nitrogen and oxygen atoms in total. The van der Waals surface area contributed by atoms with Crippen molar-refractivity contribution in [3.05, 3.63) is 0 Å². The zero-order valence-corrected chi connectivity index (χ0v) is 5.87. The first kappa shape index (κ1) is 8.88. The maximum atomic E-state index is 8.20. The normalized spacial score (nSPS) is 11.3. The van der Waals surface area contributed by atoms with Crippen LogP contribution in [0.2, 0.25) is 0 Å². The Morgan fingerprint density at radius 2 is 1.89 bits per heavy atom. The standard InChI is InChI=1S/C6H14O3/c1-5(2)3-4-9-6(7)8/h5-8H,3-4H2,1-2H3. The molecule has 0 aromatic rings. The molecule has 0 aliphatic carbocycles. The molecule has 0 aliphatic rings. The van der Waals surface area contributed by atoms with E-state index in [4.69, 9.17) is 10.2 Å². The molecule has 0 bridgehead atoms. The zero-order chi connectivity index (χ0) is 7.28. The van der Waals surface area contributed by atoms with Crippen LogP contribution in [0.5, 0.6) is 0 Å². The summed E-state index contributed by atoms with van der Waals surface area (Å²) in [4.78, 5) is 0. The largest absolute Gasteiger partial charge is 0.346 e. The molecular formula is C6H14O3. The molecular weight excluding hydrogens is 120 g/mol. The summed E-state index contributed by atoms with van der Waals surface area (Å²) in [5.74, 6) is 0.545. The van der Waals surface area contributed by atoms with E-state index in [-0.39, 0.29) is 0 Å². The average Bonchev–Trinajstić information content (AvgIpc) is 1.63. The Kier molecular flexibility index (Phi) is 4.67. The van der Waals surface area contributed by atoms with Crippen molar-refractivity contribution in [2.45, 2.75) is 26.7 Å². The van der Waals surface area contributed by atoms with E-state index in [1.54, 1.807) is 0 Å². The quantitative estimate of drug-likeness (QED) is 0.544. The van der Waals surface area contributed by atoms with Crippen LogP contribution in [0.25, 0.3) is 0 Å². The van der Waals surface area contributed by atoms with E-state index < -0.39 is 6.48 Å². The summed E-state index contributed by atoms with van der Waals surface area (Å²) < 4.78 is 4.46. The van der Waals surface area contributed by atoms with Crippen molar-refractivity contribution in [1.29, 1.82) is 0 Å². The van der Waals surface area contributed by atoms with Crippen LogP contribution in [0, 0.1) is 5.92 Å². The van der Waals surface area contributed by atoms with Gasteiger partial charge >= 0.3 is 0 Å². The Hall–Kier alpha value is -0.120. The molecule has 0 heterocycles. The lowest BCUT2D eigenvalue weighted by Crippen LogP contribution is -2.11. The molecule has 0 rings (SSSR count). The van der Waals surface area contributed by atoms with Crippen LogP contribution in [0.15, 0.2) is 0 Å². The summed E-state index contributed by atoms with van der Waals surface area (Å²) in [6.07, 6.45) is 0.859. The first-order valence-electron chi connectivity index (χ1n) is 3.10. The van der Waals surface area contributed by atoms with Crippen molar-refractivity contribution in [1.82, 2.24) is 0 Å². The Labute approximate surface area is 55.3 Å². The van der Waals surface area contributed by atoms with E-state index in [1.165, 1.54) is 0 Å². The van der Waals surface area contributed by atoms with Crippen LogP contribution >= 0.6 is 0 Å². The summed E-state index contributed by atoms with van der Waals surface area (Å²) in [6, 6.07) is 0. The predicted molar refractivity (Wildman–Crippen MR) is 33.6 cm³/mol. The molecule has 0 aliphatic heterocycles. The van der Waals surface area contributed by atoms with Gasteiger partial charge in [0.05, 0.1) is 6.61 Å². The molecule has 9 heavy (non-hydrogen) atoms. The maximum absolute atomic E-state index is 8.20. The fourth-order valence-corrected chi connectivity index (χ4v) is 0.409. The molecule has 0 amide bonds. The van der Waals surface area contributed by atoms with Gasteiger partial charge in [-0.2, -0.15) is 0 Å². The van der Waals surface area contributed by atoms with Crippen molar-refractivity contribution < 1.29 is 14.9 Å². The highest BCUT2D eigenvalue weighted by atomic mass is 16.7. The van der Waals surface area contributed by atoms with Crippen LogP contribution in [-0.4, -0.2) is 23.3 Å². The van der Waals surface area contributed by atoms with Gasteiger partial charge in [-0.15, -0.1) is 0 Å². The highest BCUT2D eigenvalue weighted by Gasteiger charge is 1.97. The third kappa shape index (κ3) is 7.88. The van der Waals surface area contributed by atoms with Gasteiger partial charge in [0, 0.05) is 0 Å². The van der Waals surface area contributed by atoms with Crippen LogP contribution in [-0.2, 0) is 4.74 Å². The number of rotatable bonds is 4. The van der Waals surface area contributed by atoms with E-state index in [1.807, 2.05) is 13.8 Å². The van der Waals surface area contributed by atoms with Crippen LogP contribution in [0.3, 0.4) is 0 Å². The van der Waals surface area contributed by atoms with Crippen molar-refractivity contribution in [2.75, 3.05) is 6.61 Å². The molecule has 0 aromatic carbocycles. The second-order valence-electron chi connectivity index (χ2n) is 2.38. The minimum Gasteiger partial charge on any atom is -0.346 e. The predicted octanol–water partition coefficient (Wildman–Crippen LogP) is 0.317. The number of aliphatic hydroxyl groups is 2. The van der Waals surface area contributed by atoms with Crippen LogP contribution in [0.1, 0.15) is 20.3 Å². The van der Waals surface area contributed by atoms with Gasteiger partial charge in [-0.05, 0) is 12.3 Å². The average molecular weight is 134 g/mol. The molecule has 56 valence electrons. The van der Waals surface area contributed by atoms with Gasteiger partial charge in [0.2, 0.25) is 0 Å². The monoisotopic (exact) mass is 134 g/mol. The van der Waals surface area contributed by atoms with Gasteiger partial charge in [0.1, 0.15) is 0 Å². The SMILES string of the molecule is CC(C)CCOC(O)O. The number of hydrogen-bond donors (Lipinski definition) is 2. The zero-order valence-electron chi connectivity index (χ0n) is 5.87. The van der Waals surface area contributed by atoms with Gasteiger partial charge in [0.15, 0.2) is 0 Å². The summed E-state index contributed by atoms with van der Waals surface area (Å²) >= 11 is 0. The molecule has 0 aromatic heterocycles. The fourth-order valence-electron chi connectivity index (χ4n) is 0.409. The lowest BCUT2D eigenvalue weighted by atomic mass is 10.1. The minimum atomic E-state index is -1.61.